The number of benzene rings is 5. The van der Waals surface area contributed by atoms with E-state index in [1.807, 2.05) is 97.2 Å². The lowest BCUT2D eigenvalue weighted by Crippen LogP contribution is -2.24. The fourth-order valence-electron chi connectivity index (χ4n) is 5.87. The lowest BCUT2D eigenvalue weighted by Gasteiger charge is -2.20. The molecule has 0 fully saturated rings. The summed E-state index contributed by atoms with van der Waals surface area (Å²) in [6.45, 7) is 6.64. The van der Waals surface area contributed by atoms with Crippen molar-refractivity contribution in [1.82, 2.24) is 9.55 Å². The van der Waals surface area contributed by atoms with Crippen LogP contribution in [0.5, 0.6) is 11.5 Å². The zero-order chi connectivity index (χ0) is 30.3. The van der Waals surface area contributed by atoms with Crippen molar-refractivity contribution < 1.29 is 9.30 Å². The third-order valence-electron chi connectivity index (χ3n) is 8.14. The molecule has 0 radical (unpaired) electrons. The standard InChI is InChI=1S/C39H33N2O2P/c1-39(2,3)28-23-24-40-38(25-28)41-36-20-11-10-19-34(36)35-22-21-30(27-37(35)41)43-29-13-12-18-33(26-29)44(42,31-14-6-4-7-15-31)32-16-8-5-9-17-32/h4-27H,1-3H3. The van der Waals surface area contributed by atoms with Crippen LogP contribution >= 0.6 is 7.14 Å². The number of aromatic nitrogens is 2. The molecule has 216 valence electrons. The molecule has 0 N–H and O–H groups in total. The van der Waals surface area contributed by atoms with Crippen LogP contribution in [0.15, 0.2) is 146 Å². The van der Waals surface area contributed by atoms with Crippen molar-refractivity contribution in [3.05, 3.63) is 151 Å². The minimum absolute atomic E-state index is 0.00528. The van der Waals surface area contributed by atoms with Crippen LogP contribution in [-0.4, -0.2) is 9.55 Å². The van der Waals surface area contributed by atoms with Crippen LogP contribution in [0.25, 0.3) is 27.6 Å². The van der Waals surface area contributed by atoms with E-state index >= 15 is 0 Å². The van der Waals surface area contributed by atoms with Crippen LogP contribution in [0.2, 0.25) is 0 Å². The monoisotopic (exact) mass is 592 g/mol. The molecule has 2 heterocycles. The number of rotatable bonds is 6. The summed E-state index contributed by atoms with van der Waals surface area (Å²) < 4.78 is 23.6. The van der Waals surface area contributed by atoms with Gasteiger partial charge in [0.1, 0.15) is 17.3 Å². The molecule has 0 aliphatic heterocycles. The minimum Gasteiger partial charge on any atom is -0.457 e. The Morgan fingerprint density at radius 1 is 0.591 bits per heavy atom. The Morgan fingerprint density at radius 3 is 1.91 bits per heavy atom. The molecule has 44 heavy (non-hydrogen) atoms. The highest BCUT2D eigenvalue weighted by Crippen LogP contribution is 2.43. The molecule has 7 rings (SSSR count). The van der Waals surface area contributed by atoms with Gasteiger partial charge in [-0.3, -0.25) is 4.57 Å². The molecule has 0 bridgehead atoms. The van der Waals surface area contributed by atoms with Crippen LogP contribution < -0.4 is 20.7 Å². The van der Waals surface area contributed by atoms with E-state index in [4.69, 9.17) is 9.72 Å². The highest BCUT2D eigenvalue weighted by Gasteiger charge is 2.30. The van der Waals surface area contributed by atoms with Gasteiger partial charge in [-0.1, -0.05) is 112 Å². The molecular formula is C39H33N2O2P. The van der Waals surface area contributed by atoms with E-state index < -0.39 is 7.14 Å². The Labute approximate surface area is 258 Å². The average molecular weight is 593 g/mol. The topological polar surface area (TPSA) is 44.1 Å². The predicted molar refractivity (Wildman–Crippen MR) is 183 cm³/mol. The van der Waals surface area contributed by atoms with Gasteiger partial charge in [0.05, 0.1) is 11.0 Å². The number of para-hydroxylation sites is 1. The van der Waals surface area contributed by atoms with E-state index in [1.54, 1.807) is 0 Å². The lowest BCUT2D eigenvalue weighted by atomic mass is 9.88. The first-order chi connectivity index (χ1) is 21.3. The highest BCUT2D eigenvalue weighted by atomic mass is 31.2. The van der Waals surface area contributed by atoms with Gasteiger partial charge in [-0.25, -0.2) is 4.98 Å². The van der Waals surface area contributed by atoms with Crippen molar-refractivity contribution in [3.8, 4) is 17.3 Å². The second-order valence-electron chi connectivity index (χ2n) is 12.1. The normalized spacial score (nSPS) is 12.1. The number of ether oxygens (including phenoxy) is 1. The van der Waals surface area contributed by atoms with Gasteiger partial charge in [0.2, 0.25) is 0 Å². The van der Waals surface area contributed by atoms with Crippen LogP contribution in [0, 0.1) is 0 Å². The molecule has 0 spiro atoms. The molecule has 4 nitrogen and oxygen atoms in total. The van der Waals surface area contributed by atoms with Crippen molar-refractivity contribution in [2.24, 2.45) is 0 Å². The Morgan fingerprint density at radius 2 is 1.20 bits per heavy atom. The van der Waals surface area contributed by atoms with E-state index in [2.05, 4.69) is 73.9 Å². The molecule has 0 atom stereocenters. The number of pyridine rings is 1. The molecule has 0 aliphatic rings. The summed E-state index contributed by atoms with van der Waals surface area (Å²) in [6.07, 6.45) is 1.89. The smallest absolute Gasteiger partial charge is 0.171 e. The molecular weight excluding hydrogens is 559 g/mol. The number of hydrogen-bond donors (Lipinski definition) is 0. The third-order valence-corrected chi connectivity index (χ3v) is 11.2. The maximum atomic E-state index is 14.9. The van der Waals surface area contributed by atoms with Gasteiger partial charge in [0, 0.05) is 38.9 Å². The minimum atomic E-state index is -3.13. The first-order valence-corrected chi connectivity index (χ1v) is 16.5. The molecule has 0 amide bonds. The Hall–Kier alpha value is -4.92. The molecule has 0 unspecified atom stereocenters. The van der Waals surface area contributed by atoms with Gasteiger partial charge < -0.3 is 9.30 Å². The number of hydrogen-bond acceptors (Lipinski definition) is 3. The second kappa shape index (κ2) is 11.0. The van der Waals surface area contributed by atoms with Crippen LogP contribution in [0.3, 0.4) is 0 Å². The van der Waals surface area contributed by atoms with E-state index in [-0.39, 0.29) is 5.41 Å². The number of nitrogens with zero attached hydrogens (tertiary/aromatic N) is 2. The maximum absolute atomic E-state index is 14.9. The summed E-state index contributed by atoms with van der Waals surface area (Å²) in [4.78, 5) is 4.80. The third kappa shape index (κ3) is 4.92. The summed E-state index contributed by atoms with van der Waals surface area (Å²) >= 11 is 0. The predicted octanol–water partition coefficient (Wildman–Crippen LogP) is 8.91. The van der Waals surface area contributed by atoms with Crippen molar-refractivity contribution in [1.29, 1.82) is 0 Å². The van der Waals surface area contributed by atoms with Gasteiger partial charge in [-0.05, 0) is 53.4 Å². The van der Waals surface area contributed by atoms with Gasteiger partial charge >= 0.3 is 0 Å². The molecule has 2 aromatic heterocycles. The fraction of sp³-hybridized carbons (Fsp3) is 0.103. The van der Waals surface area contributed by atoms with Crippen LogP contribution in [0.4, 0.5) is 0 Å². The summed E-state index contributed by atoms with van der Waals surface area (Å²) in [5.74, 6) is 2.19. The fourth-order valence-corrected chi connectivity index (χ4v) is 8.55. The van der Waals surface area contributed by atoms with Crippen molar-refractivity contribution in [3.63, 3.8) is 0 Å². The Kier molecular flexibility index (Phi) is 6.95. The summed E-state index contributed by atoms with van der Waals surface area (Å²) in [6, 6.07) is 45.9. The molecule has 5 aromatic carbocycles. The zero-order valence-electron chi connectivity index (χ0n) is 25.0. The summed E-state index contributed by atoms with van der Waals surface area (Å²) in [7, 11) is -3.13. The van der Waals surface area contributed by atoms with E-state index in [1.165, 1.54) is 5.56 Å². The first-order valence-electron chi connectivity index (χ1n) is 14.8. The highest BCUT2D eigenvalue weighted by molar-refractivity contribution is 7.85. The summed E-state index contributed by atoms with van der Waals surface area (Å²) in [5, 5.41) is 4.59. The van der Waals surface area contributed by atoms with Crippen LogP contribution in [-0.2, 0) is 9.98 Å². The molecule has 7 aromatic rings. The van der Waals surface area contributed by atoms with Crippen LogP contribution in [0.1, 0.15) is 26.3 Å². The van der Waals surface area contributed by atoms with E-state index in [9.17, 15) is 4.57 Å². The van der Waals surface area contributed by atoms with Gasteiger partial charge in [0.25, 0.3) is 0 Å². The molecule has 5 heteroatoms. The van der Waals surface area contributed by atoms with E-state index in [0.717, 1.165) is 43.5 Å². The maximum Gasteiger partial charge on any atom is 0.171 e. The SMILES string of the molecule is CC(C)(C)c1ccnc(-n2c3ccccc3c3ccc(Oc4cccc(P(=O)(c5ccccc5)c5ccccc5)c4)cc32)c1. The summed E-state index contributed by atoms with van der Waals surface area (Å²) in [5.41, 5.74) is 3.32. The van der Waals surface area contributed by atoms with E-state index in [0.29, 0.717) is 11.5 Å². The van der Waals surface area contributed by atoms with Gasteiger partial charge in [-0.2, -0.15) is 0 Å². The van der Waals surface area contributed by atoms with Gasteiger partial charge in [-0.15, -0.1) is 0 Å². The Balaban J connectivity index is 1.33. The largest absolute Gasteiger partial charge is 0.457 e. The van der Waals surface area contributed by atoms with Crippen molar-refractivity contribution >= 4 is 44.9 Å². The average Bonchev–Trinajstić information content (AvgIpc) is 3.38. The van der Waals surface area contributed by atoms with Gasteiger partial charge in [0.15, 0.2) is 7.14 Å². The van der Waals surface area contributed by atoms with Crippen molar-refractivity contribution in [2.45, 2.75) is 26.2 Å². The second-order valence-corrected chi connectivity index (χ2v) is 14.8. The molecule has 0 saturated carbocycles. The zero-order valence-corrected chi connectivity index (χ0v) is 25.9. The quantitative estimate of drug-likeness (QED) is 0.181. The Bertz CT molecular complexity index is 2120. The van der Waals surface area contributed by atoms with Crippen molar-refractivity contribution in [2.75, 3.05) is 0 Å². The lowest BCUT2D eigenvalue weighted by molar-refractivity contribution is 0.483. The number of fused-ring (bicyclic) bond motifs is 3. The first kappa shape index (κ1) is 27.9. The molecule has 0 aliphatic carbocycles. The molecule has 0 saturated heterocycles.